The maximum Gasteiger partial charge on any atom is 0.122 e. The van der Waals surface area contributed by atoms with Crippen LogP contribution in [-0.2, 0) is 5.41 Å². The number of ether oxygens (including phenoxy) is 1. The first-order valence-corrected chi connectivity index (χ1v) is 8.53. The van der Waals surface area contributed by atoms with E-state index in [2.05, 4.69) is 30.4 Å². The SMILES string of the molecule is COc1cc(C2(CNC3CC3)CC3(CCC3)C2)ccc1C. The van der Waals surface area contributed by atoms with Crippen LogP contribution < -0.4 is 10.1 Å². The molecule has 0 bridgehead atoms. The monoisotopic (exact) mass is 285 g/mol. The van der Waals surface area contributed by atoms with E-state index in [-0.39, 0.29) is 0 Å². The van der Waals surface area contributed by atoms with Gasteiger partial charge in [0.05, 0.1) is 7.11 Å². The Morgan fingerprint density at radius 3 is 2.57 bits per heavy atom. The van der Waals surface area contributed by atoms with Gasteiger partial charge in [-0.3, -0.25) is 0 Å². The molecule has 114 valence electrons. The Bertz CT molecular complexity index is 534. The molecule has 1 spiro atoms. The number of aryl methyl sites for hydroxylation is 1. The van der Waals surface area contributed by atoms with Crippen LogP contribution in [0, 0.1) is 12.3 Å². The summed E-state index contributed by atoms with van der Waals surface area (Å²) < 4.78 is 5.56. The molecule has 0 unspecified atom stereocenters. The standard InChI is InChI=1S/C19H27NO/c1-14-4-5-15(10-17(14)21-2)19(13-20-16-6-7-16)11-18(12-19)8-3-9-18/h4-5,10,16,20H,3,6-9,11-13H2,1-2H3. The summed E-state index contributed by atoms with van der Waals surface area (Å²) in [5, 5.41) is 3.80. The topological polar surface area (TPSA) is 21.3 Å². The summed E-state index contributed by atoms with van der Waals surface area (Å²) in [6, 6.07) is 7.68. The Balaban J connectivity index is 1.59. The third-order valence-electron chi connectivity index (χ3n) is 6.17. The average molecular weight is 285 g/mol. The Kier molecular flexibility index (Phi) is 3.08. The predicted molar refractivity (Wildman–Crippen MR) is 86.0 cm³/mol. The lowest BCUT2D eigenvalue weighted by atomic mass is 9.43. The van der Waals surface area contributed by atoms with Crippen molar-refractivity contribution >= 4 is 0 Å². The quantitative estimate of drug-likeness (QED) is 0.884. The summed E-state index contributed by atoms with van der Waals surface area (Å²) >= 11 is 0. The summed E-state index contributed by atoms with van der Waals surface area (Å²) in [6.07, 6.45) is 9.88. The van der Waals surface area contributed by atoms with Crippen LogP contribution in [0.3, 0.4) is 0 Å². The molecule has 21 heavy (non-hydrogen) atoms. The number of benzene rings is 1. The van der Waals surface area contributed by atoms with Gasteiger partial charge in [0.2, 0.25) is 0 Å². The highest BCUT2D eigenvalue weighted by atomic mass is 16.5. The summed E-state index contributed by atoms with van der Waals surface area (Å²) in [4.78, 5) is 0. The molecular formula is C19H27NO. The van der Waals surface area contributed by atoms with Crippen LogP contribution in [-0.4, -0.2) is 19.7 Å². The summed E-state index contributed by atoms with van der Waals surface area (Å²) in [5.41, 5.74) is 3.80. The highest BCUT2D eigenvalue weighted by molar-refractivity contribution is 5.42. The molecule has 0 saturated heterocycles. The van der Waals surface area contributed by atoms with Crippen LogP contribution in [0.5, 0.6) is 5.75 Å². The van der Waals surface area contributed by atoms with E-state index >= 15 is 0 Å². The maximum atomic E-state index is 5.56. The third kappa shape index (κ3) is 2.28. The van der Waals surface area contributed by atoms with Gasteiger partial charge in [-0.2, -0.15) is 0 Å². The smallest absolute Gasteiger partial charge is 0.122 e. The zero-order chi connectivity index (χ0) is 14.5. The molecular weight excluding hydrogens is 258 g/mol. The Hall–Kier alpha value is -1.02. The molecule has 3 saturated carbocycles. The molecule has 1 aromatic rings. The molecule has 2 heteroatoms. The summed E-state index contributed by atoms with van der Waals surface area (Å²) in [6.45, 7) is 3.29. The number of methoxy groups -OCH3 is 1. The van der Waals surface area contributed by atoms with Crippen LogP contribution in [0.2, 0.25) is 0 Å². The van der Waals surface area contributed by atoms with E-state index in [1.165, 1.54) is 56.1 Å². The van der Waals surface area contributed by atoms with E-state index in [0.29, 0.717) is 10.8 Å². The largest absolute Gasteiger partial charge is 0.496 e. The molecule has 0 atom stereocenters. The lowest BCUT2D eigenvalue weighted by Crippen LogP contribution is -2.57. The molecule has 1 aromatic carbocycles. The fourth-order valence-corrected chi connectivity index (χ4v) is 4.62. The Labute approximate surface area is 128 Å². The van der Waals surface area contributed by atoms with Crippen LogP contribution in [0.15, 0.2) is 18.2 Å². The first-order chi connectivity index (χ1) is 10.1. The van der Waals surface area contributed by atoms with E-state index in [9.17, 15) is 0 Å². The van der Waals surface area contributed by atoms with Gasteiger partial charge in [0.15, 0.2) is 0 Å². The lowest BCUT2D eigenvalue weighted by Gasteiger charge is -2.62. The van der Waals surface area contributed by atoms with Gasteiger partial charge in [0.25, 0.3) is 0 Å². The third-order valence-corrected chi connectivity index (χ3v) is 6.17. The fraction of sp³-hybridized carbons (Fsp3) is 0.684. The van der Waals surface area contributed by atoms with Gasteiger partial charge in [-0.25, -0.2) is 0 Å². The molecule has 1 N–H and O–H groups in total. The Morgan fingerprint density at radius 1 is 1.24 bits per heavy atom. The number of rotatable bonds is 5. The van der Waals surface area contributed by atoms with Crippen LogP contribution >= 0.6 is 0 Å². The average Bonchev–Trinajstić information content (AvgIpc) is 3.21. The van der Waals surface area contributed by atoms with Gasteiger partial charge in [0.1, 0.15) is 5.75 Å². The minimum atomic E-state index is 0.365. The molecule has 3 aliphatic carbocycles. The van der Waals surface area contributed by atoms with Gasteiger partial charge in [-0.15, -0.1) is 0 Å². The van der Waals surface area contributed by atoms with Crippen molar-refractivity contribution in [3.8, 4) is 5.75 Å². The van der Waals surface area contributed by atoms with Crippen molar-refractivity contribution in [1.29, 1.82) is 0 Å². The number of hydrogen-bond acceptors (Lipinski definition) is 2. The number of hydrogen-bond donors (Lipinski definition) is 1. The first kappa shape index (κ1) is 13.6. The normalized spacial score (nSPS) is 25.2. The second-order valence-electron chi connectivity index (χ2n) is 7.83. The van der Waals surface area contributed by atoms with E-state index in [1.54, 1.807) is 7.11 Å². The zero-order valence-electron chi connectivity index (χ0n) is 13.4. The Morgan fingerprint density at radius 2 is 2.00 bits per heavy atom. The first-order valence-electron chi connectivity index (χ1n) is 8.53. The lowest BCUT2D eigenvalue weighted by molar-refractivity contribution is -0.0484. The van der Waals surface area contributed by atoms with Gasteiger partial charge in [-0.05, 0) is 68.1 Å². The van der Waals surface area contributed by atoms with Gasteiger partial charge >= 0.3 is 0 Å². The minimum absolute atomic E-state index is 0.365. The molecule has 4 rings (SSSR count). The van der Waals surface area contributed by atoms with E-state index in [0.717, 1.165) is 18.3 Å². The highest BCUT2D eigenvalue weighted by Gasteiger charge is 2.57. The van der Waals surface area contributed by atoms with Crippen molar-refractivity contribution in [3.05, 3.63) is 29.3 Å². The molecule has 2 nitrogen and oxygen atoms in total. The van der Waals surface area contributed by atoms with Gasteiger partial charge < -0.3 is 10.1 Å². The second-order valence-corrected chi connectivity index (χ2v) is 7.83. The van der Waals surface area contributed by atoms with Crippen molar-refractivity contribution < 1.29 is 4.74 Å². The van der Waals surface area contributed by atoms with Crippen molar-refractivity contribution in [1.82, 2.24) is 5.32 Å². The zero-order valence-corrected chi connectivity index (χ0v) is 13.4. The predicted octanol–water partition coefficient (Wildman–Crippen LogP) is 3.96. The van der Waals surface area contributed by atoms with E-state index < -0.39 is 0 Å². The van der Waals surface area contributed by atoms with Crippen LogP contribution in [0.1, 0.15) is 56.1 Å². The van der Waals surface area contributed by atoms with Crippen molar-refractivity contribution in [2.24, 2.45) is 5.41 Å². The maximum absolute atomic E-state index is 5.56. The summed E-state index contributed by atoms with van der Waals surface area (Å²) in [7, 11) is 1.79. The molecule has 3 fully saturated rings. The second kappa shape index (κ2) is 4.74. The van der Waals surface area contributed by atoms with Crippen LogP contribution in [0.4, 0.5) is 0 Å². The van der Waals surface area contributed by atoms with Gasteiger partial charge in [-0.1, -0.05) is 18.6 Å². The fourth-order valence-electron chi connectivity index (χ4n) is 4.62. The van der Waals surface area contributed by atoms with Crippen LogP contribution in [0.25, 0.3) is 0 Å². The van der Waals surface area contributed by atoms with E-state index in [1.807, 2.05) is 0 Å². The summed E-state index contributed by atoms with van der Waals surface area (Å²) in [5.74, 6) is 1.05. The molecule has 0 aromatic heterocycles. The van der Waals surface area contributed by atoms with Gasteiger partial charge in [0, 0.05) is 18.0 Å². The molecule has 0 heterocycles. The van der Waals surface area contributed by atoms with Crippen molar-refractivity contribution in [2.45, 2.75) is 63.3 Å². The minimum Gasteiger partial charge on any atom is -0.496 e. The molecule has 3 aliphatic rings. The van der Waals surface area contributed by atoms with Crippen molar-refractivity contribution in [2.75, 3.05) is 13.7 Å². The van der Waals surface area contributed by atoms with Crippen molar-refractivity contribution in [3.63, 3.8) is 0 Å². The molecule has 0 aliphatic heterocycles. The van der Waals surface area contributed by atoms with E-state index in [4.69, 9.17) is 4.74 Å². The molecule has 0 amide bonds. The molecule has 0 radical (unpaired) electrons. The highest BCUT2D eigenvalue weighted by Crippen LogP contribution is 2.65. The number of nitrogens with one attached hydrogen (secondary N) is 1.